The molecular weight excluding hydrogens is 344 g/mol. The van der Waals surface area contributed by atoms with E-state index in [-0.39, 0.29) is 12.3 Å². The van der Waals surface area contributed by atoms with Gasteiger partial charge in [-0.2, -0.15) is 0 Å². The van der Waals surface area contributed by atoms with Crippen LogP contribution in [0.1, 0.15) is 12.1 Å². The summed E-state index contributed by atoms with van der Waals surface area (Å²) in [5, 5.41) is 6.33. The van der Waals surface area contributed by atoms with Crippen LogP contribution in [0, 0.1) is 0 Å². The Morgan fingerprint density at radius 2 is 2.21 bits per heavy atom. The van der Waals surface area contributed by atoms with E-state index in [2.05, 4.69) is 15.3 Å². The molecule has 24 heavy (non-hydrogen) atoms. The van der Waals surface area contributed by atoms with Gasteiger partial charge < -0.3 is 9.88 Å². The SMILES string of the molecule is O=C(Cc1csc(-c2ccccc2Cl)n1)NCCCn1ccnc1. The highest BCUT2D eigenvalue weighted by atomic mass is 35.5. The predicted molar refractivity (Wildman–Crippen MR) is 96.1 cm³/mol. The molecule has 2 heterocycles. The molecular formula is C17H17ClN4OS. The standard InChI is InChI=1S/C17H17ClN4OS/c18-15-5-2-1-4-14(15)17-21-13(11-24-17)10-16(23)20-6-3-8-22-9-7-19-12-22/h1-2,4-5,7,9,11-12H,3,6,8,10H2,(H,20,23). The van der Waals surface area contributed by atoms with Crippen molar-refractivity contribution in [1.82, 2.24) is 19.9 Å². The Kier molecular flexibility index (Phi) is 5.61. The van der Waals surface area contributed by atoms with E-state index >= 15 is 0 Å². The molecule has 0 aliphatic heterocycles. The monoisotopic (exact) mass is 360 g/mol. The van der Waals surface area contributed by atoms with Gasteiger partial charge in [-0.3, -0.25) is 4.79 Å². The van der Waals surface area contributed by atoms with Crippen molar-refractivity contribution in [3.63, 3.8) is 0 Å². The van der Waals surface area contributed by atoms with Crippen molar-refractivity contribution in [3.05, 3.63) is 59.1 Å². The zero-order valence-corrected chi connectivity index (χ0v) is 14.6. The molecule has 1 aromatic carbocycles. The summed E-state index contributed by atoms with van der Waals surface area (Å²) in [7, 11) is 0. The number of halogens is 1. The van der Waals surface area contributed by atoms with Crippen LogP contribution in [0.4, 0.5) is 0 Å². The maximum Gasteiger partial charge on any atom is 0.226 e. The number of hydrogen-bond donors (Lipinski definition) is 1. The highest BCUT2D eigenvalue weighted by molar-refractivity contribution is 7.13. The van der Waals surface area contributed by atoms with Crippen LogP contribution in [0.25, 0.3) is 10.6 Å². The fourth-order valence-corrected chi connectivity index (χ4v) is 3.42. The number of thiazole rings is 1. The number of aryl methyl sites for hydroxylation is 1. The van der Waals surface area contributed by atoms with Gasteiger partial charge in [0.05, 0.1) is 23.5 Å². The normalized spacial score (nSPS) is 10.7. The predicted octanol–water partition coefficient (Wildman–Crippen LogP) is 3.41. The summed E-state index contributed by atoms with van der Waals surface area (Å²) in [5.41, 5.74) is 1.66. The highest BCUT2D eigenvalue weighted by Gasteiger charge is 2.10. The third-order valence-corrected chi connectivity index (χ3v) is 4.73. The van der Waals surface area contributed by atoms with Crippen molar-refractivity contribution in [2.24, 2.45) is 0 Å². The lowest BCUT2D eigenvalue weighted by Crippen LogP contribution is -2.26. The third-order valence-electron chi connectivity index (χ3n) is 3.47. The van der Waals surface area contributed by atoms with E-state index in [9.17, 15) is 4.79 Å². The van der Waals surface area contributed by atoms with E-state index in [0.29, 0.717) is 11.6 Å². The van der Waals surface area contributed by atoms with Crippen molar-refractivity contribution in [3.8, 4) is 10.6 Å². The zero-order valence-electron chi connectivity index (χ0n) is 13.0. The Morgan fingerprint density at radius 1 is 1.33 bits per heavy atom. The fraction of sp³-hybridized carbons (Fsp3) is 0.235. The molecule has 0 unspecified atom stereocenters. The molecule has 0 saturated heterocycles. The van der Waals surface area contributed by atoms with E-state index in [1.165, 1.54) is 11.3 Å². The van der Waals surface area contributed by atoms with Gasteiger partial charge in [-0.05, 0) is 12.5 Å². The molecule has 0 radical (unpaired) electrons. The Balaban J connectivity index is 1.47. The van der Waals surface area contributed by atoms with Gasteiger partial charge in [0.1, 0.15) is 5.01 Å². The average Bonchev–Trinajstić information content (AvgIpc) is 3.24. The third kappa shape index (κ3) is 4.43. The number of rotatable bonds is 7. The second-order valence-electron chi connectivity index (χ2n) is 5.30. The summed E-state index contributed by atoms with van der Waals surface area (Å²) in [5.74, 6) is -0.0170. The molecule has 3 aromatic rings. The van der Waals surface area contributed by atoms with E-state index < -0.39 is 0 Å². The van der Waals surface area contributed by atoms with Crippen molar-refractivity contribution in [2.75, 3.05) is 6.54 Å². The first-order valence-corrected chi connectivity index (χ1v) is 8.90. The minimum atomic E-state index is -0.0170. The quantitative estimate of drug-likeness (QED) is 0.657. The maximum absolute atomic E-state index is 12.0. The molecule has 0 atom stereocenters. The number of hydrogen-bond acceptors (Lipinski definition) is 4. The minimum Gasteiger partial charge on any atom is -0.356 e. The summed E-state index contributed by atoms with van der Waals surface area (Å²) >= 11 is 7.68. The lowest BCUT2D eigenvalue weighted by atomic mass is 10.2. The zero-order chi connectivity index (χ0) is 16.8. The maximum atomic E-state index is 12.0. The van der Waals surface area contributed by atoms with Crippen molar-refractivity contribution in [1.29, 1.82) is 0 Å². The largest absolute Gasteiger partial charge is 0.356 e. The topological polar surface area (TPSA) is 59.8 Å². The van der Waals surface area contributed by atoms with Crippen molar-refractivity contribution < 1.29 is 4.79 Å². The first-order chi connectivity index (χ1) is 11.7. The van der Waals surface area contributed by atoms with Crippen LogP contribution in [-0.2, 0) is 17.8 Å². The van der Waals surface area contributed by atoms with Crippen LogP contribution in [0.15, 0.2) is 48.4 Å². The summed E-state index contributed by atoms with van der Waals surface area (Å²) < 4.78 is 1.99. The van der Waals surface area contributed by atoms with E-state index in [0.717, 1.165) is 29.2 Å². The number of amides is 1. The van der Waals surface area contributed by atoms with Crippen LogP contribution in [-0.4, -0.2) is 27.0 Å². The van der Waals surface area contributed by atoms with Crippen LogP contribution < -0.4 is 5.32 Å². The molecule has 0 spiro atoms. The molecule has 124 valence electrons. The molecule has 0 aliphatic carbocycles. The Labute approximate surface area is 149 Å². The van der Waals surface area contributed by atoms with Crippen molar-refractivity contribution in [2.45, 2.75) is 19.4 Å². The second-order valence-corrected chi connectivity index (χ2v) is 6.57. The molecule has 0 saturated carbocycles. The van der Waals surface area contributed by atoms with E-state index in [1.807, 2.05) is 40.4 Å². The molecule has 7 heteroatoms. The number of benzene rings is 1. The summed E-state index contributed by atoms with van der Waals surface area (Å²) in [6.07, 6.45) is 6.58. The molecule has 1 N–H and O–H groups in total. The van der Waals surface area contributed by atoms with Gasteiger partial charge in [-0.15, -0.1) is 11.3 Å². The molecule has 0 aliphatic rings. The molecule has 0 bridgehead atoms. The molecule has 5 nitrogen and oxygen atoms in total. The average molecular weight is 361 g/mol. The molecule has 2 aromatic heterocycles. The minimum absolute atomic E-state index is 0.0170. The van der Waals surface area contributed by atoms with Crippen LogP contribution in [0.2, 0.25) is 5.02 Å². The van der Waals surface area contributed by atoms with E-state index in [1.54, 1.807) is 12.5 Å². The Hall–Kier alpha value is -2.18. The van der Waals surface area contributed by atoms with Gasteiger partial charge in [0.15, 0.2) is 0 Å². The number of aromatic nitrogens is 3. The Morgan fingerprint density at radius 3 is 3.00 bits per heavy atom. The highest BCUT2D eigenvalue weighted by Crippen LogP contribution is 2.30. The first kappa shape index (κ1) is 16.7. The van der Waals surface area contributed by atoms with Gasteiger partial charge in [-0.25, -0.2) is 9.97 Å². The molecule has 0 fully saturated rings. The lowest BCUT2D eigenvalue weighted by molar-refractivity contribution is -0.120. The molecule has 3 rings (SSSR count). The van der Waals surface area contributed by atoms with Gasteiger partial charge in [-0.1, -0.05) is 29.8 Å². The van der Waals surface area contributed by atoms with Gasteiger partial charge in [0, 0.05) is 36.4 Å². The second kappa shape index (κ2) is 8.08. The lowest BCUT2D eigenvalue weighted by Gasteiger charge is -2.04. The first-order valence-electron chi connectivity index (χ1n) is 7.64. The van der Waals surface area contributed by atoms with Gasteiger partial charge in [0.25, 0.3) is 0 Å². The summed E-state index contributed by atoms with van der Waals surface area (Å²) in [4.78, 5) is 20.5. The number of carbonyl (C=O) groups excluding carboxylic acids is 1. The molecule has 1 amide bonds. The number of nitrogens with zero attached hydrogens (tertiary/aromatic N) is 3. The van der Waals surface area contributed by atoms with Crippen LogP contribution in [0.5, 0.6) is 0 Å². The number of carbonyl (C=O) groups is 1. The van der Waals surface area contributed by atoms with Crippen molar-refractivity contribution >= 4 is 28.8 Å². The van der Waals surface area contributed by atoms with Gasteiger partial charge >= 0.3 is 0 Å². The van der Waals surface area contributed by atoms with E-state index in [4.69, 9.17) is 11.6 Å². The summed E-state index contributed by atoms with van der Waals surface area (Å²) in [6.45, 7) is 1.48. The number of imidazole rings is 1. The van der Waals surface area contributed by atoms with Gasteiger partial charge in [0.2, 0.25) is 5.91 Å². The Bertz CT molecular complexity index is 801. The number of nitrogens with one attached hydrogen (secondary N) is 1. The van der Waals surface area contributed by atoms with Crippen LogP contribution in [0.3, 0.4) is 0 Å². The fourth-order valence-electron chi connectivity index (χ4n) is 2.28. The van der Waals surface area contributed by atoms with Crippen LogP contribution >= 0.6 is 22.9 Å². The summed E-state index contributed by atoms with van der Waals surface area (Å²) in [6, 6.07) is 7.58. The smallest absolute Gasteiger partial charge is 0.226 e.